The number of methoxy groups -OCH3 is 1. The number of carbonyl (C=O) groups is 2. The number of imide groups is 1. The van der Waals surface area contributed by atoms with Crippen molar-refractivity contribution in [3.05, 3.63) is 17.8 Å². The summed E-state index contributed by atoms with van der Waals surface area (Å²) in [5.74, 6) is 1.43. The lowest BCUT2D eigenvalue weighted by Crippen LogP contribution is -2.55. The zero-order valence-corrected chi connectivity index (χ0v) is 14.0. The Morgan fingerprint density at radius 2 is 1.83 bits per heavy atom. The summed E-state index contributed by atoms with van der Waals surface area (Å²) in [5.41, 5.74) is 0.212. The number of hydrogen-bond donors (Lipinski definition) is 0. The van der Waals surface area contributed by atoms with Crippen molar-refractivity contribution in [2.75, 3.05) is 39.2 Å². The number of aryl methyl sites for hydroxylation is 1. The van der Waals surface area contributed by atoms with Gasteiger partial charge in [-0.3, -0.25) is 9.69 Å². The van der Waals surface area contributed by atoms with Crippen LogP contribution in [-0.4, -0.2) is 66.6 Å². The van der Waals surface area contributed by atoms with Crippen molar-refractivity contribution in [2.24, 2.45) is 0 Å². The van der Waals surface area contributed by atoms with E-state index in [0.29, 0.717) is 25.9 Å². The summed E-state index contributed by atoms with van der Waals surface area (Å²) in [5, 5.41) is 0. The van der Waals surface area contributed by atoms with E-state index in [1.54, 1.807) is 26.1 Å². The molecule has 0 aliphatic carbocycles. The van der Waals surface area contributed by atoms with Crippen LogP contribution < -0.4 is 9.64 Å². The first-order chi connectivity index (χ1) is 10.9. The number of anilines is 1. The van der Waals surface area contributed by atoms with Gasteiger partial charge in [0.25, 0.3) is 5.91 Å². The van der Waals surface area contributed by atoms with Crippen molar-refractivity contribution in [1.82, 2.24) is 14.8 Å². The highest BCUT2D eigenvalue weighted by atomic mass is 16.5. The lowest BCUT2D eigenvalue weighted by molar-refractivity contribution is -0.133. The van der Waals surface area contributed by atoms with E-state index in [1.807, 2.05) is 19.1 Å². The third kappa shape index (κ3) is 2.22. The Morgan fingerprint density at radius 3 is 2.35 bits per heavy atom. The normalized spacial score (nSPS) is 20.6. The maximum absolute atomic E-state index is 12.5. The predicted molar refractivity (Wildman–Crippen MR) is 85.6 cm³/mol. The summed E-state index contributed by atoms with van der Waals surface area (Å²) in [7, 11) is 4.89. The Balaban J connectivity index is 1.83. The molecule has 7 nitrogen and oxygen atoms in total. The standard InChI is InChI=1S/C16H22N4O3/c1-11-5-6-12(23-4)13(17-11)20-9-7-16(8-10-20)14(21)18(2)15(22)19(16)3/h5-6H,7-10H2,1-4H3. The van der Waals surface area contributed by atoms with E-state index in [9.17, 15) is 9.59 Å². The molecule has 2 aliphatic heterocycles. The largest absolute Gasteiger partial charge is 0.493 e. The number of piperidine rings is 1. The first-order valence-corrected chi connectivity index (χ1v) is 7.73. The van der Waals surface area contributed by atoms with E-state index in [4.69, 9.17) is 4.74 Å². The Bertz CT molecular complexity index is 653. The first kappa shape index (κ1) is 15.6. The monoisotopic (exact) mass is 318 g/mol. The zero-order valence-electron chi connectivity index (χ0n) is 14.0. The molecule has 7 heteroatoms. The number of nitrogens with zero attached hydrogens (tertiary/aromatic N) is 4. The molecule has 0 aromatic carbocycles. The third-order valence-corrected chi connectivity index (χ3v) is 5.01. The number of urea groups is 1. The van der Waals surface area contributed by atoms with Crippen LogP contribution in [0.15, 0.2) is 12.1 Å². The highest BCUT2D eigenvalue weighted by molar-refractivity contribution is 6.06. The van der Waals surface area contributed by atoms with E-state index in [-0.39, 0.29) is 11.9 Å². The van der Waals surface area contributed by atoms with E-state index >= 15 is 0 Å². The van der Waals surface area contributed by atoms with Crippen molar-refractivity contribution >= 4 is 17.8 Å². The van der Waals surface area contributed by atoms with Crippen LogP contribution in [0.5, 0.6) is 5.75 Å². The van der Waals surface area contributed by atoms with Crippen LogP contribution in [0.1, 0.15) is 18.5 Å². The fraction of sp³-hybridized carbons (Fsp3) is 0.562. The molecule has 2 fully saturated rings. The minimum atomic E-state index is -0.709. The van der Waals surface area contributed by atoms with Gasteiger partial charge in [0, 0.05) is 32.9 Å². The summed E-state index contributed by atoms with van der Waals surface area (Å²) >= 11 is 0. The van der Waals surface area contributed by atoms with Crippen molar-refractivity contribution in [1.29, 1.82) is 0 Å². The van der Waals surface area contributed by atoms with Gasteiger partial charge in [0.05, 0.1) is 7.11 Å². The van der Waals surface area contributed by atoms with E-state index < -0.39 is 5.54 Å². The number of hydrogen-bond acceptors (Lipinski definition) is 5. The molecule has 2 saturated heterocycles. The second kappa shape index (κ2) is 5.40. The first-order valence-electron chi connectivity index (χ1n) is 7.73. The molecule has 124 valence electrons. The summed E-state index contributed by atoms with van der Waals surface area (Å²) in [6.07, 6.45) is 1.19. The van der Waals surface area contributed by atoms with Crippen molar-refractivity contribution in [3.63, 3.8) is 0 Å². The third-order valence-electron chi connectivity index (χ3n) is 5.01. The second-order valence-electron chi connectivity index (χ2n) is 6.20. The number of rotatable bonds is 2. The average molecular weight is 318 g/mol. The Hall–Kier alpha value is -2.31. The minimum Gasteiger partial charge on any atom is -0.493 e. The van der Waals surface area contributed by atoms with Gasteiger partial charge >= 0.3 is 6.03 Å². The van der Waals surface area contributed by atoms with Gasteiger partial charge in [-0.25, -0.2) is 9.78 Å². The Kier molecular flexibility index (Phi) is 3.66. The number of carbonyl (C=O) groups excluding carboxylic acids is 2. The van der Waals surface area contributed by atoms with Crippen LogP contribution in [0.25, 0.3) is 0 Å². The van der Waals surface area contributed by atoms with Crippen molar-refractivity contribution < 1.29 is 14.3 Å². The quantitative estimate of drug-likeness (QED) is 0.768. The molecule has 3 rings (SSSR count). The van der Waals surface area contributed by atoms with Gasteiger partial charge in [-0.05, 0) is 31.9 Å². The molecule has 0 saturated carbocycles. The number of aromatic nitrogens is 1. The molecule has 1 aromatic rings. The summed E-state index contributed by atoms with van der Waals surface area (Å²) < 4.78 is 5.40. The molecule has 0 N–H and O–H groups in total. The van der Waals surface area contributed by atoms with E-state index in [2.05, 4.69) is 9.88 Å². The van der Waals surface area contributed by atoms with Gasteiger partial charge in [0.2, 0.25) is 0 Å². The molecule has 3 amide bonds. The summed E-state index contributed by atoms with van der Waals surface area (Å²) in [6.45, 7) is 3.25. The van der Waals surface area contributed by atoms with Gasteiger partial charge in [-0.15, -0.1) is 0 Å². The number of amides is 3. The fourth-order valence-electron chi connectivity index (χ4n) is 3.50. The molecule has 0 atom stereocenters. The summed E-state index contributed by atoms with van der Waals surface area (Å²) in [6, 6.07) is 3.59. The van der Waals surface area contributed by atoms with E-state index in [1.165, 1.54) is 4.90 Å². The van der Waals surface area contributed by atoms with Crippen LogP contribution >= 0.6 is 0 Å². The smallest absolute Gasteiger partial charge is 0.327 e. The Morgan fingerprint density at radius 1 is 1.17 bits per heavy atom. The maximum Gasteiger partial charge on any atom is 0.327 e. The predicted octanol–water partition coefficient (Wildman–Crippen LogP) is 1.26. The molecule has 2 aliphatic rings. The van der Waals surface area contributed by atoms with Crippen LogP contribution in [0, 0.1) is 6.92 Å². The Labute approximate surface area is 135 Å². The highest BCUT2D eigenvalue weighted by Crippen LogP contribution is 2.38. The molecular weight excluding hydrogens is 296 g/mol. The second-order valence-corrected chi connectivity index (χ2v) is 6.20. The molecular formula is C16H22N4O3. The van der Waals surface area contributed by atoms with Crippen molar-refractivity contribution in [2.45, 2.75) is 25.3 Å². The van der Waals surface area contributed by atoms with E-state index in [0.717, 1.165) is 17.3 Å². The highest BCUT2D eigenvalue weighted by Gasteiger charge is 2.55. The van der Waals surface area contributed by atoms with Gasteiger partial charge < -0.3 is 14.5 Å². The molecule has 23 heavy (non-hydrogen) atoms. The lowest BCUT2D eigenvalue weighted by Gasteiger charge is -2.41. The van der Waals surface area contributed by atoms with Gasteiger partial charge in [0.1, 0.15) is 5.54 Å². The van der Waals surface area contributed by atoms with Gasteiger partial charge in [0.15, 0.2) is 11.6 Å². The molecule has 3 heterocycles. The van der Waals surface area contributed by atoms with Crippen LogP contribution in [0.2, 0.25) is 0 Å². The lowest BCUT2D eigenvalue weighted by atomic mass is 9.86. The zero-order chi connectivity index (χ0) is 16.8. The molecule has 0 radical (unpaired) electrons. The topological polar surface area (TPSA) is 66.0 Å². The van der Waals surface area contributed by atoms with Crippen LogP contribution in [0.4, 0.5) is 10.6 Å². The van der Waals surface area contributed by atoms with Gasteiger partial charge in [-0.2, -0.15) is 0 Å². The number of ether oxygens (including phenoxy) is 1. The average Bonchev–Trinajstić information content (AvgIpc) is 2.72. The molecule has 0 bridgehead atoms. The number of likely N-dealkylation sites (N-methyl/N-ethyl adjacent to an activating group) is 2. The number of pyridine rings is 1. The van der Waals surface area contributed by atoms with Crippen molar-refractivity contribution in [3.8, 4) is 5.75 Å². The molecule has 1 spiro atoms. The minimum absolute atomic E-state index is 0.103. The molecule has 0 unspecified atom stereocenters. The fourth-order valence-corrected chi connectivity index (χ4v) is 3.50. The van der Waals surface area contributed by atoms with Crippen LogP contribution in [-0.2, 0) is 4.79 Å². The summed E-state index contributed by atoms with van der Waals surface area (Å²) in [4.78, 5) is 34.1. The molecule has 1 aromatic heterocycles. The van der Waals surface area contributed by atoms with Gasteiger partial charge in [-0.1, -0.05) is 0 Å². The SMILES string of the molecule is COc1ccc(C)nc1N1CCC2(CC1)C(=O)N(C)C(=O)N2C. The maximum atomic E-state index is 12.5. The van der Waals surface area contributed by atoms with Crippen LogP contribution in [0.3, 0.4) is 0 Å².